The largest absolute Gasteiger partial charge is 0.449 e. The van der Waals surface area contributed by atoms with Crippen molar-refractivity contribution in [2.75, 3.05) is 0 Å². The van der Waals surface area contributed by atoms with E-state index in [-0.39, 0.29) is 5.41 Å². The lowest BCUT2D eigenvalue weighted by molar-refractivity contribution is 0.358. The van der Waals surface area contributed by atoms with E-state index in [1.165, 1.54) is 38.9 Å². The Morgan fingerprint density at radius 2 is 1.06 bits per heavy atom. The van der Waals surface area contributed by atoms with Crippen molar-refractivity contribution in [3.8, 4) is 45.3 Å². The smallest absolute Gasteiger partial charge is 0.184 e. The maximum Gasteiger partial charge on any atom is 0.184 e. The first-order valence-corrected chi connectivity index (χ1v) is 12.2. The van der Waals surface area contributed by atoms with Crippen LogP contribution in [0.3, 0.4) is 0 Å². The van der Waals surface area contributed by atoms with E-state index in [9.17, 15) is 0 Å². The van der Waals surface area contributed by atoms with E-state index in [2.05, 4.69) is 101 Å². The summed E-state index contributed by atoms with van der Waals surface area (Å²) in [6.07, 6.45) is 0. The van der Waals surface area contributed by atoms with Crippen molar-refractivity contribution in [2.24, 2.45) is 0 Å². The summed E-state index contributed by atoms with van der Waals surface area (Å²) >= 11 is 3.64. The number of para-hydroxylation sites is 1. The molecular weight excluding hydrogens is 484 g/mol. The maximum atomic E-state index is 6.61. The van der Waals surface area contributed by atoms with Gasteiger partial charge in [0, 0.05) is 5.56 Å². The van der Waals surface area contributed by atoms with Gasteiger partial charge in [0.15, 0.2) is 23.0 Å². The van der Waals surface area contributed by atoms with E-state index < -0.39 is 0 Å². The summed E-state index contributed by atoms with van der Waals surface area (Å²) in [6, 6.07) is 36.5. The van der Waals surface area contributed by atoms with Gasteiger partial charge in [-0.05, 0) is 73.1 Å². The highest BCUT2D eigenvalue weighted by molar-refractivity contribution is 9.10. The number of hydrogen-bond donors (Lipinski definition) is 0. The van der Waals surface area contributed by atoms with Crippen LogP contribution in [0.4, 0.5) is 0 Å². The van der Waals surface area contributed by atoms with Gasteiger partial charge >= 0.3 is 0 Å². The van der Waals surface area contributed by atoms with Crippen molar-refractivity contribution < 1.29 is 9.47 Å². The summed E-state index contributed by atoms with van der Waals surface area (Å²) in [5, 5.41) is 0. The van der Waals surface area contributed by atoms with E-state index in [1.54, 1.807) is 0 Å². The molecule has 2 aliphatic carbocycles. The van der Waals surface area contributed by atoms with Gasteiger partial charge in [-0.25, -0.2) is 0 Å². The highest BCUT2D eigenvalue weighted by atomic mass is 79.9. The molecule has 1 aliphatic heterocycles. The van der Waals surface area contributed by atoms with Crippen molar-refractivity contribution in [2.45, 2.75) is 5.41 Å². The first-order valence-electron chi connectivity index (χ1n) is 11.4. The van der Waals surface area contributed by atoms with E-state index in [0.717, 1.165) is 27.3 Å². The highest BCUT2D eigenvalue weighted by Crippen LogP contribution is 2.66. The van der Waals surface area contributed by atoms with Crippen LogP contribution in [0.15, 0.2) is 108 Å². The predicted molar refractivity (Wildman–Crippen MR) is 137 cm³/mol. The molecule has 0 unspecified atom stereocenters. The molecule has 0 N–H and O–H groups in total. The first-order chi connectivity index (χ1) is 16.8. The summed E-state index contributed by atoms with van der Waals surface area (Å²) in [4.78, 5) is 0. The molecule has 0 saturated carbocycles. The summed E-state index contributed by atoms with van der Waals surface area (Å²) < 4.78 is 13.8. The number of halogens is 1. The molecule has 0 radical (unpaired) electrons. The Kier molecular flexibility index (Phi) is 3.50. The Hall–Kier alpha value is -3.82. The molecule has 5 aromatic carbocycles. The molecule has 0 amide bonds. The van der Waals surface area contributed by atoms with Gasteiger partial charge in [-0.3, -0.25) is 0 Å². The zero-order chi connectivity index (χ0) is 22.4. The molecule has 3 heteroatoms. The molecule has 0 saturated heterocycles. The van der Waals surface area contributed by atoms with Crippen LogP contribution in [-0.4, -0.2) is 0 Å². The fourth-order valence-electron chi connectivity index (χ4n) is 6.20. The van der Waals surface area contributed by atoms with Crippen molar-refractivity contribution in [1.82, 2.24) is 0 Å². The van der Waals surface area contributed by atoms with Crippen molar-refractivity contribution in [1.29, 1.82) is 0 Å². The van der Waals surface area contributed by atoms with E-state index in [4.69, 9.17) is 9.47 Å². The van der Waals surface area contributed by atoms with Gasteiger partial charge in [-0.1, -0.05) is 84.9 Å². The minimum Gasteiger partial charge on any atom is -0.449 e. The van der Waals surface area contributed by atoms with Crippen LogP contribution >= 0.6 is 15.9 Å². The molecule has 1 heterocycles. The van der Waals surface area contributed by atoms with Crippen LogP contribution < -0.4 is 9.47 Å². The van der Waals surface area contributed by atoms with E-state index >= 15 is 0 Å². The monoisotopic (exact) mass is 500 g/mol. The summed E-state index contributed by atoms with van der Waals surface area (Å²) in [5.74, 6) is 2.97. The minimum atomic E-state index is -0.383. The molecule has 160 valence electrons. The van der Waals surface area contributed by atoms with Crippen LogP contribution in [0.25, 0.3) is 22.3 Å². The third-order valence-electron chi connectivity index (χ3n) is 7.43. The Bertz CT molecular complexity index is 1640. The first kappa shape index (κ1) is 18.6. The second kappa shape index (κ2) is 6.40. The van der Waals surface area contributed by atoms with Crippen molar-refractivity contribution in [3.05, 3.63) is 130 Å². The van der Waals surface area contributed by atoms with E-state index in [0.29, 0.717) is 5.75 Å². The fraction of sp³-hybridized carbons (Fsp3) is 0.0323. The lowest BCUT2D eigenvalue weighted by Gasteiger charge is -2.31. The number of benzene rings is 5. The van der Waals surface area contributed by atoms with Gasteiger partial charge in [-0.15, -0.1) is 0 Å². The fourth-order valence-corrected chi connectivity index (χ4v) is 6.63. The molecule has 34 heavy (non-hydrogen) atoms. The Balaban J connectivity index is 1.51. The lowest BCUT2D eigenvalue weighted by atomic mass is 9.70. The highest BCUT2D eigenvalue weighted by Gasteiger charge is 2.52. The zero-order valence-electron chi connectivity index (χ0n) is 18.0. The maximum absolute atomic E-state index is 6.61. The Morgan fingerprint density at radius 1 is 0.471 bits per heavy atom. The molecule has 1 spiro atoms. The Labute approximate surface area is 205 Å². The van der Waals surface area contributed by atoms with Crippen LogP contribution in [0.2, 0.25) is 0 Å². The van der Waals surface area contributed by atoms with Crippen LogP contribution in [0.1, 0.15) is 22.3 Å². The molecule has 2 nitrogen and oxygen atoms in total. The summed E-state index contributed by atoms with van der Waals surface area (Å²) in [6.45, 7) is 0. The third kappa shape index (κ3) is 2.07. The van der Waals surface area contributed by atoms with Crippen LogP contribution in [0, 0.1) is 0 Å². The average molecular weight is 501 g/mol. The standard InChI is InChI=1S/C31H17BrO2/c32-25-14-7-15-26-29(25)34-30-27(33-26)17-16-24-28(30)20-10-3-6-13-23(20)31(24)21-11-4-1-8-18(21)19-9-2-5-12-22(19)31/h1-17H. The number of hydrogen-bond acceptors (Lipinski definition) is 2. The quantitative estimate of drug-likeness (QED) is 0.207. The van der Waals surface area contributed by atoms with Gasteiger partial charge in [-0.2, -0.15) is 0 Å². The van der Waals surface area contributed by atoms with Crippen LogP contribution in [-0.2, 0) is 5.41 Å². The van der Waals surface area contributed by atoms with Gasteiger partial charge in [0.25, 0.3) is 0 Å². The average Bonchev–Trinajstić information content (AvgIpc) is 3.36. The second-order valence-corrected chi connectivity index (χ2v) is 9.83. The number of ether oxygens (including phenoxy) is 2. The van der Waals surface area contributed by atoms with Gasteiger partial charge < -0.3 is 9.47 Å². The predicted octanol–water partition coefficient (Wildman–Crippen LogP) is 8.69. The lowest BCUT2D eigenvalue weighted by Crippen LogP contribution is -2.25. The van der Waals surface area contributed by atoms with Gasteiger partial charge in [0.2, 0.25) is 0 Å². The minimum absolute atomic E-state index is 0.383. The second-order valence-electron chi connectivity index (χ2n) is 8.97. The summed E-state index contributed by atoms with van der Waals surface area (Å²) in [7, 11) is 0. The topological polar surface area (TPSA) is 18.5 Å². The Morgan fingerprint density at radius 3 is 1.76 bits per heavy atom. The number of fused-ring (bicyclic) bond motifs is 13. The number of rotatable bonds is 0. The SMILES string of the molecule is Brc1cccc2c1Oc1c(ccc3c1-c1ccccc1C31c3ccccc3-c3ccccc31)O2. The van der Waals surface area contributed by atoms with Crippen LogP contribution in [0.5, 0.6) is 23.0 Å². The third-order valence-corrected chi connectivity index (χ3v) is 8.06. The van der Waals surface area contributed by atoms with E-state index in [1.807, 2.05) is 18.2 Å². The molecular formula is C31H17BrO2. The zero-order valence-corrected chi connectivity index (χ0v) is 19.6. The normalized spacial score (nSPS) is 14.7. The molecule has 0 bridgehead atoms. The molecule has 0 aromatic heterocycles. The van der Waals surface area contributed by atoms with Crippen molar-refractivity contribution in [3.63, 3.8) is 0 Å². The molecule has 0 atom stereocenters. The molecule has 8 rings (SSSR count). The molecule has 3 aliphatic rings. The van der Waals surface area contributed by atoms with Crippen molar-refractivity contribution >= 4 is 15.9 Å². The van der Waals surface area contributed by atoms with Gasteiger partial charge in [0.05, 0.1) is 9.89 Å². The molecule has 0 fully saturated rings. The van der Waals surface area contributed by atoms with Gasteiger partial charge in [0.1, 0.15) is 0 Å². The molecule has 5 aromatic rings. The summed E-state index contributed by atoms with van der Waals surface area (Å²) in [5.41, 5.74) is 9.68.